The number of carbonyl (C=O) groups is 1. The fourth-order valence-electron chi connectivity index (χ4n) is 4.99. The van der Waals surface area contributed by atoms with Crippen molar-refractivity contribution in [1.82, 2.24) is 4.90 Å². The maximum atomic E-state index is 13.1. The zero-order valence-corrected chi connectivity index (χ0v) is 19.0. The molecule has 4 rings (SSSR count). The molecule has 2 heterocycles. The number of nitrogens with zero attached hydrogens (tertiary/aromatic N) is 2. The SMILES string of the molecule is COc1cc([N+](=O)[O-])c(Cl)cc1NC(=O)C1CC2CCC(C1)N2Cc1cccc(C(F)(F)F)c1. The van der Waals surface area contributed by atoms with Gasteiger partial charge in [0, 0.05) is 24.5 Å². The van der Waals surface area contributed by atoms with E-state index in [-0.39, 0.29) is 46.1 Å². The number of hydrogen-bond acceptors (Lipinski definition) is 5. The molecular formula is C23H23ClF3N3O4. The second-order valence-corrected chi connectivity index (χ2v) is 9.08. The van der Waals surface area contributed by atoms with Crippen LogP contribution in [0.4, 0.5) is 24.5 Å². The Balaban J connectivity index is 1.44. The largest absolute Gasteiger partial charge is 0.494 e. The fraction of sp³-hybridized carbons (Fsp3) is 0.435. The molecule has 2 bridgehead atoms. The van der Waals surface area contributed by atoms with Gasteiger partial charge in [-0.1, -0.05) is 29.8 Å². The summed E-state index contributed by atoms with van der Waals surface area (Å²) in [4.78, 5) is 25.7. The third kappa shape index (κ3) is 4.97. The van der Waals surface area contributed by atoms with Crippen molar-refractivity contribution >= 4 is 28.9 Å². The normalized spacial score (nSPS) is 22.4. The summed E-state index contributed by atoms with van der Waals surface area (Å²) in [5.74, 6) is -0.401. The van der Waals surface area contributed by atoms with E-state index in [0.717, 1.165) is 18.9 Å². The quantitative estimate of drug-likeness (QED) is 0.411. The van der Waals surface area contributed by atoms with Gasteiger partial charge in [0.2, 0.25) is 5.91 Å². The Morgan fingerprint density at radius 1 is 1.24 bits per heavy atom. The third-order valence-electron chi connectivity index (χ3n) is 6.60. The maximum absolute atomic E-state index is 13.1. The molecular weight excluding hydrogens is 475 g/mol. The van der Waals surface area contributed by atoms with Crippen molar-refractivity contribution in [3.63, 3.8) is 0 Å². The Labute approximate surface area is 199 Å². The van der Waals surface area contributed by atoms with Crippen LogP contribution in [0, 0.1) is 16.0 Å². The van der Waals surface area contributed by atoms with E-state index in [4.69, 9.17) is 16.3 Å². The Hall–Kier alpha value is -2.85. The molecule has 1 amide bonds. The molecule has 2 aliphatic heterocycles. The second kappa shape index (κ2) is 9.42. The van der Waals surface area contributed by atoms with Gasteiger partial charge in [0.1, 0.15) is 10.8 Å². The number of carbonyl (C=O) groups excluding carboxylic acids is 1. The molecule has 0 spiro atoms. The van der Waals surface area contributed by atoms with E-state index in [2.05, 4.69) is 10.2 Å². The summed E-state index contributed by atoms with van der Waals surface area (Å²) in [5.41, 5.74) is -0.137. The summed E-state index contributed by atoms with van der Waals surface area (Å²) >= 11 is 5.99. The zero-order valence-electron chi connectivity index (χ0n) is 18.3. The molecule has 2 aliphatic rings. The van der Waals surface area contributed by atoms with Crippen LogP contribution in [0.1, 0.15) is 36.8 Å². The molecule has 2 fully saturated rings. The molecule has 11 heteroatoms. The highest BCUT2D eigenvalue weighted by Gasteiger charge is 2.43. The molecule has 2 aromatic rings. The lowest BCUT2D eigenvalue weighted by molar-refractivity contribution is -0.384. The average Bonchev–Trinajstić information content (AvgIpc) is 3.00. The van der Waals surface area contributed by atoms with Crippen molar-refractivity contribution in [1.29, 1.82) is 0 Å². The van der Waals surface area contributed by atoms with Gasteiger partial charge >= 0.3 is 6.18 Å². The Bertz CT molecular complexity index is 1100. The molecule has 0 saturated carbocycles. The summed E-state index contributed by atoms with van der Waals surface area (Å²) in [6, 6.07) is 8.00. The number of halogens is 4. The summed E-state index contributed by atoms with van der Waals surface area (Å²) < 4.78 is 44.4. The first kappa shape index (κ1) is 24.3. The van der Waals surface area contributed by atoms with Gasteiger partial charge in [-0.3, -0.25) is 19.8 Å². The molecule has 7 nitrogen and oxygen atoms in total. The van der Waals surface area contributed by atoms with Crippen molar-refractivity contribution < 1.29 is 27.6 Å². The Morgan fingerprint density at radius 2 is 1.91 bits per heavy atom. The number of nitro benzene ring substituents is 1. The highest BCUT2D eigenvalue weighted by Crippen LogP contribution is 2.41. The predicted octanol–water partition coefficient (Wildman–Crippen LogP) is 5.66. The molecule has 2 saturated heterocycles. The lowest BCUT2D eigenvalue weighted by Crippen LogP contribution is -2.45. The molecule has 1 N–H and O–H groups in total. The number of rotatable bonds is 6. The second-order valence-electron chi connectivity index (χ2n) is 8.67. The van der Waals surface area contributed by atoms with Crippen LogP contribution in [0.25, 0.3) is 0 Å². The topological polar surface area (TPSA) is 84.7 Å². The minimum atomic E-state index is -4.39. The lowest BCUT2D eigenvalue weighted by Gasteiger charge is -2.38. The van der Waals surface area contributed by atoms with Crippen LogP contribution in [0.5, 0.6) is 5.75 Å². The standard InChI is InChI=1S/C23H23ClF3N3O4/c1-34-21-11-20(30(32)33)18(24)10-19(21)28-22(31)14-8-16-5-6-17(9-14)29(16)12-13-3-2-4-15(7-13)23(25,26)27/h2-4,7,10-11,14,16-17H,5-6,8-9,12H2,1H3,(H,28,31). The number of hydrogen-bond donors (Lipinski definition) is 1. The number of fused-ring (bicyclic) bond motifs is 2. The van der Waals surface area contributed by atoms with Crippen LogP contribution in [0.15, 0.2) is 36.4 Å². The summed E-state index contributed by atoms with van der Waals surface area (Å²) in [6.07, 6.45) is -1.49. The molecule has 34 heavy (non-hydrogen) atoms. The maximum Gasteiger partial charge on any atom is 0.416 e. The number of amides is 1. The first-order chi connectivity index (χ1) is 16.1. The Morgan fingerprint density at radius 3 is 2.50 bits per heavy atom. The van der Waals surface area contributed by atoms with E-state index >= 15 is 0 Å². The van der Waals surface area contributed by atoms with E-state index in [1.807, 2.05) is 0 Å². The minimum Gasteiger partial charge on any atom is -0.494 e. The van der Waals surface area contributed by atoms with Gasteiger partial charge in [-0.25, -0.2) is 0 Å². The monoisotopic (exact) mass is 497 g/mol. The van der Waals surface area contributed by atoms with Gasteiger partial charge < -0.3 is 10.1 Å². The average molecular weight is 498 g/mol. The minimum absolute atomic E-state index is 0.0892. The van der Waals surface area contributed by atoms with Gasteiger partial charge in [0.15, 0.2) is 0 Å². The number of piperidine rings is 1. The lowest BCUT2D eigenvalue weighted by atomic mass is 9.89. The highest BCUT2D eigenvalue weighted by molar-refractivity contribution is 6.33. The number of ether oxygens (including phenoxy) is 1. The van der Waals surface area contributed by atoms with Crippen LogP contribution < -0.4 is 10.1 Å². The van der Waals surface area contributed by atoms with E-state index in [0.29, 0.717) is 24.9 Å². The number of benzene rings is 2. The zero-order chi connectivity index (χ0) is 24.6. The highest BCUT2D eigenvalue weighted by atomic mass is 35.5. The first-order valence-corrected chi connectivity index (χ1v) is 11.2. The van der Waals surface area contributed by atoms with Gasteiger partial charge in [-0.2, -0.15) is 13.2 Å². The van der Waals surface area contributed by atoms with Gasteiger partial charge in [-0.15, -0.1) is 0 Å². The summed E-state index contributed by atoms with van der Waals surface area (Å²) in [6.45, 7) is 0.402. The number of alkyl halides is 3. The third-order valence-corrected chi connectivity index (χ3v) is 6.90. The van der Waals surface area contributed by atoms with Crippen molar-refractivity contribution in [2.75, 3.05) is 12.4 Å². The molecule has 0 aliphatic carbocycles. The van der Waals surface area contributed by atoms with Crippen LogP contribution in [0.2, 0.25) is 5.02 Å². The van der Waals surface area contributed by atoms with Crippen LogP contribution >= 0.6 is 11.6 Å². The molecule has 2 unspecified atom stereocenters. The van der Waals surface area contributed by atoms with E-state index < -0.39 is 16.7 Å². The van der Waals surface area contributed by atoms with Gasteiger partial charge in [-0.05, 0) is 43.4 Å². The van der Waals surface area contributed by atoms with Crippen molar-refractivity contribution in [2.24, 2.45) is 5.92 Å². The van der Waals surface area contributed by atoms with Crippen molar-refractivity contribution in [3.8, 4) is 5.75 Å². The summed E-state index contributed by atoms with van der Waals surface area (Å²) in [7, 11) is 1.34. The molecule has 0 radical (unpaired) electrons. The van der Waals surface area contributed by atoms with Crippen LogP contribution in [-0.2, 0) is 17.5 Å². The molecule has 0 aromatic heterocycles. The molecule has 2 aromatic carbocycles. The summed E-state index contributed by atoms with van der Waals surface area (Å²) in [5, 5.41) is 13.8. The van der Waals surface area contributed by atoms with E-state index in [1.54, 1.807) is 6.07 Å². The number of nitrogens with one attached hydrogen (secondary N) is 1. The van der Waals surface area contributed by atoms with E-state index in [1.165, 1.54) is 31.4 Å². The molecule has 2 atom stereocenters. The Kier molecular flexibility index (Phi) is 6.73. The number of nitro groups is 1. The van der Waals surface area contributed by atoms with Crippen molar-refractivity contribution in [3.05, 3.63) is 62.7 Å². The van der Waals surface area contributed by atoms with Gasteiger partial charge in [0.25, 0.3) is 5.69 Å². The van der Waals surface area contributed by atoms with E-state index in [9.17, 15) is 28.1 Å². The van der Waals surface area contributed by atoms with Gasteiger partial charge in [0.05, 0.1) is 29.4 Å². The number of anilines is 1. The fourth-order valence-corrected chi connectivity index (χ4v) is 5.22. The molecule has 182 valence electrons. The number of methoxy groups -OCH3 is 1. The predicted molar refractivity (Wildman–Crippen MR) is 120 cm³/mol. The van der Waals surface area contributed by atoms with Crippen LogP contribution in [0.3, 0.4) is 0 Å². The first-order valence-electron chi connectivity index (χ1n) is 10.8. The van der Waals surface area contributed by atoms with Crippen LogP contribution in [-0.4, -0.2) is 34.9 Å². The smallest absolute Gasteiger partial charge is 0.416 e. The van der Waals surface area contributed by atoms with Crippen molar-refractivity contribution in [2.45, 2.75) is 50.5 Å².